The molecule has 0 aliphatic heterocycles. The van der Waals surface area contributed by atoms with Crippen LogP contribution >= 0.6 is 0 Å². The number of nitriles is 1. The Bertz CT molecular complexity index is 600. The Morgan fingerprint density at radius 2 is 2.06 bits per heavy atom. The lowest BCUT2D eigenvalue weighted by Gasteiger charge is -2.09. The number of nitrogens with two attached hydrogens (primary N) is 1. The molecule has 0 amide bonds. The SMILES string of the molecule is Cc1ccc(C#N)c(Oc2cccc(CN)c2)c1. The van der Waals surface area contributed by atoms with Gasteiger partial charge in [0.25, 0.3) is 0 Å². The molecule has 0 bridgehead atoms. The Hall–Kier alpha value is -2.31. The minimum Gasteiger partial charge on any atom is -0.456 e. The first-order valence-corrected chi connectivity index (χ1v) is 5.70. The maximum Gasteiger partial charge on any atom is 0.145 e. The summed E-state index contributed by atoms with van der Waals surface area (Å²) in [5, 5.41) is 9.04. The van der Waals surface area contributed by atoms with E-state index >= 15 is 0 Å². The van der Waals surface area contributed by atoms with Gasteiger partial charge in [0.1, 0.15) is 17.6 Å². The monoisotopic (exact) mass is 238 g/mol. The fraction of sp³-hybridized carbons (Fsp3) is 0.133. The highest BCUT2D eigenvalue weighted by Crippen LogP contribution is 2.26. The van der Waals surface area contributed by atoms with Gasteiger partial charge < -0.3 is 10.5 Å². The first-order valence-electron chi connectivity index (χ1n) is 5.70. The van der Waals surface area contributed by atoms with Crippen molar-refractivity contribution >= 4 is 0 Å². The van der Waals surface area contributed by atoms with Crippen LogP contribution < -0.4 is 10.5 Å². The molecule has 3 nitrogen and oxygen atoms in total. The molecule has 0 aliphatic carbocycles. The van der Waals surface area contributed by atoms with Gasteiger partial charge in [-0.15, -0.1) is 0 Å². The number of nitrogens with zero attached hydrogens (tertiary/aromatic N) is 1. The topological polar surface area (TPSA) is 59.0 Å². The molecule has 2 aromatic rings. The fourth-order valence-electron chi connectivity index (χ4n) is 1.67. The number of rotatable bonds is 3. The van der Waals surface area contributed by atoms with Crippen LogP contribution in [-0.2, 0) is 6.54 Å². The van der Waals surface area contributed by atoms with Crippen LogP contribution in [0.5, 0.6) is 11.5 Å². The van der Waals surface area contributed by atoms with Gasteiger partial charge in [-0.3, -0.25) is 0 Å². The summed E-state index contributed by atoms with van der Waals surface area (Å²) in [6.45, 7) is 2.43. The molecule has 0 fully saturated rings. The largest absolute Gasteiger partial charge is 0.456 e. The van der Waals surface area contributed by atoms with Gasteiger partial charge in [-0.2, -0.15) is 5.26 Å². The molecule has 0 saturated carbocycles. The van der Waals surface area contributed by atoms with Gasteiger partial charge in [0.15, 0.2) is 0 Å². The predicted octanol–water partition coefficient (Wildman–Crippen LogP) is 3.12. The van der Waals surface area contributed by atoms with E-state index in [-0.39, 0.29) is 0 Å². The van der Waals surface area contributed by atoms with Crippen molar-refractivity contribution in [1.82, 2.24) is 0 Å². The lowest BCUT2D eigenvalue weighted by atomic mass is 10.1. The quantitative estimate of drug-likeness (QED) is 0.893. The Labute approximate surface area is 106 Å². The number of ether oxygens (including phenoxy) is 1. The third-order valence-corrected chi connectivity index (χ3v) is 2.62. The van der Waals surface area contributed by atoms with Crippen molar-refractivity contribution in [1.29, 1.82) is 5.26 Å². The number of hydrogen-bond acceptors (Lipinski definition) is 3. The van der Waals surface area contributed by atoms with Crippen LogP contribution in [0.2, 0.25) is 0 Å². The van der Waals surface area contributed by atoms with E-state index in [1.54, 1.807) is 6.07 Å². The summed E-state index contributed by atoms with van der Waals surface area (Å²) < 4.78 is 5.75. The Morgan fingerprint density at radius 3 is 2.78 bits per heavy atom. The summed E-state index contributed by atoms with van der Waals surface area (Å²) in [5.74, 6) is 1.27. The Morgan fingerprint density at radius 1 is 1.22 bits per heavy atom. The molecule has 2 N–H and O–H groups in total. The molecule has 0 aromatic heterocycles. The van der Waals surface area contributed by atoms with Crippen LogP contribution in [0.1, 0.15) is 16.7 Å². The molecule has 18 heavy (non-hydrogen) atoms. The first-order chi connectivity index (χ1) is 8.72. The van der Waals surface area contributed by atoms with Gasteiger partial charge >= 0.3 is 0 Å². The average Bonchev–Trinajstić information content (AvgIpc) is 2.39. The fourth-order valence-corrected chi connectivity index (χ4v) is 1.67. The Balaban J connectivity index is 2.33. The molecule has 0 saturated heterocycles. The molecule has 0 unspecified atom stereocenters. The van der Waals surface area contributed by atoms with E-state index in [1.165, 1.54) is 0 Å². The molecule has 2 aromatic carbocycles. The molecular weight excluding hydrogens is 224 g/mol. The van der Waals surface area contributed by atoms with E-state index in [0.29, 0.717) is 23.6 Å². The van der Waals surface area contributed by atoms with Crippen LogP contribution in [0.3, 0.4) is 0 Å². The summed E-state index contributed by atoms with van der Waals surface area (Å²) in [4.78, 5) is 0. The molecule has 0 aliphatic rings. The summed E-state index contributed by atoms with van der Waals surface area (Å²) in [6, 6.07) is 15.2. The van der Waals surface area contributed by atoms with Gasteiger partial charge in [0.05, 0.1) is 5.56 Å². The van der Waals surface area contributed by atoms with Crippen LogP contribution in [-0.4, -0.2) is 0 Å². The van der Waals surface area contributed by atoms with Gasteiger partial charge in [-0.05, 0) is 42.3 Å². The van der Waals surface area contributed by atoms with Crippen LogP contribution in [0.15, 0.2) is 42.5 Å². The van der Waals surface area contributed by atoms with Crippen molar-refractivity contribution < 1.29 is 4.74 Å². The maximum atomic E-state index is 9.04. The molecule has 90 valence electrons. The smallest absolute Gasteiger partial charge is 0.145 e. The van der Waals surface area contributed by atoms with E-state index < -0.39 is 0 Å². The highest BCUT2D eigenvalue weighted by atomic mass is 16.5. The van der Waals surface area contributed by atoms with Crippen LogP contribution in [0.25, 0.3) is 0 Å². The van der Waals surface area contributed by atoms with Gasteiger partial charge in [-0.25, -0.2) is 0 Å². The zero-order valence-electron chi connectivity index (χ0n) is 10.2. The minimum absolute atomic E-state index is 0.468. The zero-order valence-corrected chi connectivity index (χ0v) is 10.2. The third-order valence-electron chi connectivity index (χ3n) is 2.62. The van der Waals surface area contributed by atoms with Crippen LogP contribution in [0.4, 0.5) is 0 Å². The molecular formula is C15H14N2O. The lowest BCUT2D eigenvalue weighted by Crippen LogP contribution is -1.96. The van der Waals surface area contributed by atoms with Crippen molar-refractivity contribution in [3.05, 3.63) is 59.2 Å². The zero-order chi connectivity index (χ0) is 13.0. The minimum atomic E-state index is 0.468. The summed E-state index contributed by atoms with van der Waals surface area (Å²) in [5.41, 5.74) is 8.16. The maximum absolute atomic E-state index is 9.04. The molecule has 3 heteroatoms. The standard InChI is InChI=1S/C15H14N2O/c1-11-5-6-13(10-17)15(7-11)18-14-4-2-3-12(8-14)9-16/h2-8H,9,16H2,1H3. The van der Waals surface area contributed by atoms with E-state index in [9.17, 15) is 0 Å². The van der Waals surface area contributed by atoms with Crippen molar-refractivity contribution in [2.45, 2.75) is 13.5 Å². The van der Waals surface area contributed by atoms with Gasteiger partial charge in [0, 0.05) is 6.54 Å². The Kier molecular flexibility index (Phi) is 3.61. The second kappa shape index (κ2) is 5.35. The summed E-state index contributed by atoms with van der Waals surface area (Å²) in [6.07, 6.45) is 0. The molecule has 2 rings (SSSR count). The van der Waals surface area contributed by atoms with Crippen molar-refractivity contribution in [3.8, 4) is 17.6 Å². The number of hydrogen-bond donors (Lipinski definition) is 1. The third kappa shape index (κ3) is 2.68. The number of aryl methyl sites for hydroxylation is 1. The highest BCUT2D eigenvalue weighted by Gasteiger charge is 2.05. The summed E-state index contributed by atoms with van der Waals surface area (Å²) in [7, 11) is 0. The van der Waals surface area contributed by atoms with Gasteiger partial charge in [-0.1, -0.05) is 18.2 Å². The highest BCUT2D eigenvalue weighted by molar-refractivity contribution is 5.47. The molecule has 0 atom stereocenters. The molecule has 0 radical (unpaired) electrons. The van der Waals surface area contributed by atoms with E-state index in [1.807, 2.05) is 43.3 Å². The molecule has 0 spiro atoms. The second-order valence-electron chi connectivity index (χ2n) is 4.07. The lowest BCUT2D eigenvalue weighted by molar-refractivity contribution is 0.480. The summed E-state index contributed by atoms with van der Waals surface area (Å²) >= 11 is 0. The van der Waals surface area contributed by atoms with Crippen molar-refractivity contribution in [3.63, 3.8) is 0 Å². The normalized spacial score (nSPS) is 9.83. The van der Waals surface area contributed by atoms with Crippen molar-refractivity contribution in [2.75, 3.05) is 0 Å². The van der Waals surface area contributed by atoms with E-state index in [4.69, 9.17) is 15.7 Å². The second-order valence-corrected chi connectivity index (χ2v) is 4.07. The first kappa shape index (κ1) is 12.2. The van der Waals surface area contributed by atoms with E-state index in [2.05, 4.69) is 6.07 Å². The van der Waals surface area contributed by atoms with Crippen LogP contribution in [0, 0.1) is 18.3 Å². The number of benzene rings is 2. The van der Waals surface area contributed by atoms with Crippen molar-refractivity contribution in [2.24, 2.45) is 5.73 Å². The van der Waals surface area contributed by atoms with Gasteiger partial charge in [0.2, 0.25) is 0 Å². The average molecular weight is 238 g/mol. The predicted molar refractivity (Wildman–Crippen MR) is 70.3 cm³/mol. The molecule has 0 heterocycles. The van der Waals surface area contributed by atoms with E-state index in [0.717, 1.165) is 11.1 Å².